The average molecular weight is 164 g/mol. The molecule has 0 aliphatic carbocycles. The SMILES string of the molecule is Cc1cccc(C2(O)CNC2)n1. The lowest BCUT2D eigenvalue weighted by Gasteiger charge is -2.37. The Hall–Kier alpha value is -0.930. The van der Waals surface area contributed by atoms with Gasteiger partial charge in [-0.25, -0.2) is 0 Å². The van der Waals surface area contributed by atoms with Crippen LogP contribution in [0, 0.1) is 6.92 Å². The Morgan fingerprint density at radius 2 is 2.25 bits per heavy atom. The van der Waals surface area contributed by atoms with Crippen molar-refractivity contribution in [1.29, 1.82) is 0 Å². The van der Waals surface area contributed by atoms with Crippen LogP contribution in [-0.2, 0) is 5.60 Å². The quantitative estimate of drug-likeness (QED) is 0.622. The van der Waals surface area contributed by atoms with Crippen LogP contribution in [0.4, 0.5) is 0 Å². The highest BCUT2D eigenvalue weighted by Crippen LogP contribution is 2.22. The average Bonchev–Trinajstić information content (AvgIpc) is 2.00. The van der Waals surface area contributed by atoms with Crippen LogP contribution in [0.2, 0.25) is 0 Å². The van der Waals surface area contributed by atoms with Crippen molar-refractivity contribution in [2.75, 3.05) is 13.1 Å². The summed E-state index contributed by atoms with van der Waals surface area (Å²) >= 11 is 0. The number of rotatable bonds is 1. The zero-order valence-corrected chi connectivity index (χ0v) is 7.04. The van der Waals surface area contributed by atoms with Crippen LogP contribution in [0.5, 0.6) is 0 Å². The molecule has 1 aromatic heterocycles. The minimum Gasteiger partial charge on any atom is -0.381 e. The van der Waals surface area contributed by atoms with Gasteiger partial charge in [0.15, 0.2) is 0 Å². The number of nitrogens with zero attached hydrogens (tertiary/aromatic N) is 1. The van der Waals surface area contributed by atoms with Gasteiger partial charge in [-0.15, -0.1) is 0 Å². The number of hydrogen-bond acceptors (Lipinski definition) is 3. The number of aromatic nitrogens is 1. The number of nitrogens with one attached hydrogen (secondary N) is 1. The maximum Gasteiger partial charge on any atom is 0.131 e. The zero-order chi connectivity index (χ0) is 8.60. The second-order valence-corrected chi connectivity index (χ2v) is 3.30. The van der Waals surface area contributed by atoms with Crippen LogP contribution in [0.25, 0.3) is 0 Å². The first-order valence-corrected chi connectivity index (χ1v) is 4.08. The molecule has 0 radical (unpaired) electrons. The number of aryl methyl sites for hydroxylation is 1. The number of aliphatic hydroxyl groups is 1. The molecule has 0 bridgehead atoms. The third-order valence-electron chi connectivity index (χ3n) is 2.20. The van der Waals surface area contributed by atoms with Crippen molar-refractivity contribution in [3.63, 3.8) is 0 Å². The summed E-state index contributed by atoms with van der Waals surface area (Å²) in [7, 11) is 0. The number of β-amino-alcohol motifs (C(OH)–C–C–N with tert-alkyl or cyclic N) is 1. The summed E-state index contributed by atoms with van der Waals surface area (Å²) < 4.78 is 0. The third-order valence-corrected chi connectivity index (χ3v) is 2.20. The Morgan fingerprint density at radius 1 is 1.50 bits per heavy atom. The van der Waals surface area contributed by atoms with Crippen LogP contribution in [-0.4, -0.2) is 23.2 Å². The van der Waals surface area contributed by atoms with Gasteiger partial charge in [0, 0.05) is 18.8 Å². The van der Waals surface area contributed by atoms with E-state index in [2.05, 4.69) is 10.3 Å². The molecule has 0 atom stereocenters. The van der Waals surface area contributed by atoms with Crippen LogP contribution in [0.15, 0.2) is 18.2 Å². The summed E-state index contributed by atoms with van der Waals surface area (Å²) in [5.74, 6) is 0. The summed E-state index contributed by atoms with van der Waals surface area (Å²) in [5.41, 5.74) is 1.01. The molecule has 2 N–H and O–H groups in total. The molecule has 12 heavy (non-hydrogen) atoms. The number of hydrogen-bond donors (Lipinski definition) is 2. The van der Waals surface area contributed by atoms with Crippen molar-refractivity contribution in [3.8, 4) is 0 Å². The molecule has 1 fully saturated rings. The monoisotopic (exact) mass is 164 g/mol. The highest BCUT2D eigenvalue weighted by atomic mass is 16.3. The molecule has 0 spiro atoms. The summed E-state index contributed by atoms with van der Waals surface area (Å²) in [5, 5.41) is 12.9. The van der Waals surface area contributed by atoms with Crippen molar-refractivity contribution in [3.05, 3.63) is 29.6 Å². The zero-order valence-electron chi connectivity index (χ0n) is 7.04. The van der Waals surface area contributed by atoms with E-state index in [1.54, 1.807) is 0 Å². The Bertz CT molecular complexity index is 294. The van der Waals surface area contributed by atoms with Crippen molar-refractivity contribution >= 4 is 0 Å². The third kappa shape index (κ3) is 1.11. The molecule has 1 aliphatic heterocycles. The Kier molecular flexibility index (Phi) is 1.63. The summed E-state index contributed by atoms with van der Waals surface area (Å²) in [6.07, 6.45) is 0. The predicted molar refractivity (Wildman–Crippen MR) is 45.7 cm³/mol. The fourth-order valence-corrected chi connectivity index (χ4v) is 1.35. The van der Waals surface area contributed by atoms with Crippen LogP contribution in [0.1, 0.15) is 11.4 Å². The molecule has 3 heteroatoms. The van der Waals surface area contributed by atoms with E-state index in [9.17, 15) is 5.11 Å². The molecule has 1 aromatic rings. The van der Waals surface area contributed by atoms with Crippen molar-refractivity contribution in [2.24, 2.45) is 0 Å². The van der Waals surface area contributed by atoms with Crippen molar-refractivity contribution in [1.82, 2.24) is 10.3 Å². The molecule has 3 nitrogen and oxygen atoms in total. The van der Waals surface area contributed by atoms with E-state index >= 15 is 0 Å². The fraction of sp³-hybridized carbons (Fsp3) is 0.444. The largest absolute Gasteiger partial charge is 0.381 e. The minimum absolute atomic E-state index is 0.615. The number of pyridine rings is 1. The first-order valence-electron chi connectivity index (χ1n) is 4.08. The summed E-state index contributed by atoms with van der Waals surface area (Å²) in [6.45, 7) is 3.16. The van der Waals surface area contributed by atoms with E-state index < -0.39 is 5.60 Å². The minimum atomic E-state index is -0.716. The van der Waals surface area contributed by atoms with Gasteiger partial charge >= 0.3 is 0 Å². The fourth-order valence-electron chi connectivity index (χ4n) is 1.35. The Morgan fingerprint density at radius 3 is 2.75 bits per heavy atom. The van der Waals surface area contributed by atoms with E-state index in [0.29, 0.717) is 13.1 Å². The molecule has 2 rings (SSSR count). The van der Waals surface area contributed by atoms with E-state index in [4.69, 9.17) is 0 Å². The first-order chi connectivity index (χ1) is 5.71. The normalized spacial score (nSPS) is 20.2. The maximum atomic E-state index is 9.88. The highest BCUT2D eigenvalue weighted by molar-refractivity contribution is 5.20. The molecule has 1 saturated heterocycles. The molecule has 2 heterocycles. The van der Waals surface area contributed by atoms with E-state index in [-0.39, 0.29) is 0 Å². The molecule has 0 aromatic carbocycles. The van der Waals surface area contributed by atoms with Gasteiger partial charge in [-0.05, 0) is 19.1 Å². The molecule has 0 saturated carbocycles. The van der Waals surface area contributed by atoms with Crippen LogP contribution in [0.3, 0.4) is 0 Å². The van der Waals surface area contributed by atoms with Gasteiger partial charge < -0.3 is 10.4 Å². The summed E-state index contributed by atoms with van der Waals surface area (Å²) in [6, 6.07) is 5.72. The Balaban J connectivity index is 2.33. The second kappa shape index (κ2) is 2.54. The lowest BCUT2D eigenvalue weighted by molar-refractivity contribution is -0.0186. The van der Waals surface area contributed by atoms with E-state index in [1.165, 1.54) is 0 Å². The molecule has 0 unspecified atom stereocenters. The standard InChI is InChI=1S/C9H12N2O/c1-7-3-2-4-8(11-7)9(12)5-10-6-9/h2-4,10,12H,5-6H2,1H3. The van der Waals surface area contributed by atoms with Gasteiger partial charge in [0.05, 0.1) is 5.69 Å². The maximum absolute atomic E-state index is 9.88. The van der Waals surface area contributed by atoms with Gasteiger partial charge in [-0.1, -0.05) is 6.07 Å². The van der Waals surface area contributed by atoms with Gasteiger partial charge in [-0.2, -0.15) is 0 Å². The first kappa shape index (κ1) is 7.71. The highest BCUT2D eigenvalue weighted by Gasteiger charge is 2.37. The lowest BCUT2D eigenvalue weighted by atomic mass is 9.92. The summed E-state index contributed by atoms with van der Waals surface area (Å²) in [4.78, 5) is 4.28. The van der Waals surface area contributed by atoms with Gasteiger partial charge in [-0.3, -0.25) is 4.98 Å². The van der Waals surface area contributed by atoms with E-state index in [0.717, 1.165) is 11.4 Å². The smallest absolute Gasteiger partial charge is 0.131 e. The van der Waals surface area contributed by atoms with Gasteiger partial charge in [0.2, 0.25) is 0 Å². The van der Waals surface area contributed by atoms with Gasteiger partial charge in [0.1, 0.15) is 5.60 Å². The topological polar surface area (TPSA) is 45.1 Å². The predicted octanol–water partition coefficient (Wildman–Crippen LogP) is 0.181. The molecule has 1 aliphatic rings. The van der Waals surface area contributed by atoms with Crippen LogP contribution < -0.4 is 5.32 Å². The van der Waals surface area contributed by atoms with Crippen molar-refractivity contribution in [2.45, 2.75) is 12.5 Å². The van der Waals surface area contributed by atoms with Crippen molar-refractivity contribution < 1.29 is 5.11 Å². The van der Waals surface area contributed by atoms with Gasteiger partial charge in [0.25, 0.3) is 0 Å². The second-order valence-electron chi connectivity index (χ2n) is 3.30. The molecule has 64 valence electrons. The molecule has 0 amide bonds. The Labute approximate surface area is 71.4 Å². The van der Waals surface area contributed by atoms with E-state index in [1.807, 2.05) is 25.1 Å². The molecular weight excluding hydrogens is 152 g/mol. The molecular formula is C9H12N2O. The van der Waals surface area contributed by atoms with Crippen LogP contribution >= 0.6 is 0 Å². The lowest BCUT2D eigenvalue weighted by Crippen LogP contribution is -2.57.